The quantitative estimate of drug-likeness (QED) is 0.683. The van der Waals surface area contributed by atoms with Gasteiger partial charge in [-0.1, -0.05) is 29.3 Å². The van der Waals surface area contributed by atoms with E-state index in [1.165, 1.54) is 18.5 Å². The molecule has 2 aromatic rings. The van der Waals surface area contributed by atoms with E-state index in [1.54, 1.807) is 0 Å². The van der Waals surface area contributed by atoms with Crippen LogP contribution in [0.1, 0.15) is 31.2 Å². The number of nitrogens with one attached hydrogen (secondary N) is 1. The van der Waals surface area contributed by atoms with Gasteiger partial charge in [0.2, 0.25) is 5.91 Å². The van der Waals surface area contributed by atoms with Gasteiger partial charge in [0.25, 0.3) is 0 Å². The third kappa shape index (κ3) is 5.25. The summed E-state index contributed by atoms with van der Waals surface area (Å²) in [6, 6.07) is 14.0. The maximum absolute atomic E-state index is 12.7. The van der Waals surface area contributed by atoms with Gasteiger partial charge in [0.15, 0.2) is 0 Å². The van der Waals surface area contributed by atoms with Gasteiger partial charge in [-0.05, 0) is 80.7 Å². The molecule has 2 aliphatic rings. The van der Waals surface area contributed by atoms with Gasteiger partial charge in [-0.15, -0.1) is 0 Å². The smallest absolute Gasteiger partial charge is 0.227 e. The topological polar surface area (TPSA) is 35.6 Å². The van der Waals surface area contributed by atoms with Gasteiger partial charge in [0, 0.05) is 36.9 Å². The van der Waals surface area contributed by atoms with E-state index in [1.807, 2.05) is 30.3 Å². The molecule has 4 nitrogen and oxygen atoms in total. The third-order valence-electron chi connectivity index (χ3n) is 5.95. The summed E-state index contributed by atoms with van der Waals surface area (Å²) < 4.78 is 0. The van der Waals surface area contributed by atoms with Gasteiger partial charge >= 0.3 is 0 Å². The molecule has 2 saturated heterocycles. The highest BCUT2D eigenvalue weighted by Gasteiger charge is 2.25. The zero-order valence-electron chi connectivity index (χ0n) is 16.5. The number of carbonyl (C=O) groups is 1. The van der Waals surface area contributed by atoms with Crippen molar-refractivity contribution in [3.8, 4) is 0 Å². The molecule has 0 radical (unpaired) electrons. The largest absolute Gasteiger partial charge is 0.372 e. The predicted molar refractivity (Wildman–Crippen MR) is 121 cm³/mol. The van der Waals surface area contributed by atoms with Crippen LogP contribution in [0, 0.1) is 5.92 Å². The number of amides is 1. The number of hydrogen-bond donors (Lipinski definition) is 1. The number of halogens is 2. The Balaban J connectivity index is 1.26. The summed E-state index contributed by atoms with van der Waals surface area (Å²) in [5, 5.41) is 4.27. The van der Waals surface area contributed by atoms with E-state index in [-0.39, 0.29) is 11.8 Å². The van der Waals surface area contributed by atoms with Crippen LogP contribution in [0.15, 0.2) is 42.5 Å². The van der Waals surface area contributed by atoms with Crippen molar-refractivity contribution in [2.75, 3.05) is 36.4 Å². The second-order valence-electron chi connectivity index (χ2n) is 8.03. The molecule has 0 aromatic heterocycles. The molecule has 2 heterocycles. The lowest BCUT2D eigenvalue weighted by Crippen LogP contribution is -2.37. The molecule has 29 heavy (non-hydrogen) atoms. The summed E-state index contributed by atoms with van der Waals surface area (Å²) in [6.45, 7) is 4.92. The first kappa shape index (κ1) is 20.5. The van der Waals surface area contributed by atoms with E-state index in [0.29, 0.717) is 10.0 Å². The van der Waals surface area contributed by atoms with E-state index in [4.69, 9.17) is 23.2 Å². The van der Waals surface area contributed by atoms with Gasteiger partial charge in [-0.25, -0.2) is 0 Å². The van der Waals surface area contributed by atoms with Gasteiger partial charge in [0.05, 0.1) is 10.0 Å². The summed E-state index contributed by atoms with van der Waals surface area (Å²) in [7, 11) is 0. The Kier molecular flexibility index (Phi) is 6.63. The van der Waals surface area contributed by atoms with Crippen molar-refractivity contribution in [1.29, 1.82) is 0 Å². The van der Waals surface area contributed by atoms with Crippen molar-refractivity contribution in [1.82, 2.24) is 4.90 Å². The molecule has 2 aromatic carbocycles. The zero-order valence-corrected chi connectivity index (χ0v) is 18.1. The molecule has 0 saturated carbocycles. The number of hydrogen-bond acceptors (Lipinski definition) is 3. The lowest BCUT2D eigenvalue weighted by molar-refractivity contribution is -0.121. The Morgan fingerprint density at radius 2 is 1.62 bits per heavy atom. The number of benzene rings is 2. The van der Waals surface area contributed by atoms with Crippen molar-refractivity contribution in [2.24, 2.45) is 5.92 Å². The van der Waals surface area contributed by atoms with Gasteiger partial charge in [0.1, 0.15) is 0 Å². The molecular formula is C23H27Cl2N3O. The van der Waals surface area contributed by atoms with E-state index in [2.05, 4.69) is 27.2 Å². The second kappa shape index (κ2) is 9.38. The summed E-state index contributed by atoms with van der Waals surface area (Å²) in [5.41, 5.74) is 3.28. The molecule has 6 heteroatoms. The number of nitrogens with zero attached hydrogens (tertiary/aromatic N) is 2. The number of anilines is 2. The normalized spacial score (nSPS) is 18.2. The molecule has 2 fully saturated rings. The number of carbonyl (C=O) groups excluding carboxylic acids is 1. The first-order valence-corrected chi connectivity index (χ1v) is 11.2. The molecule has 2 aliphatic heterocycles. The van der Waals surface area contributed by atoms with Crippen molar-refractivity contribution in [3.05, 3.63) is 58.1 Å². The molecule has 0 spiro atoms. The molecule has 0 aliphatic carbocycles. The predicted octanol–water partition coefficient (Wildman–Crippen LogP) is 5.44. The molecule has 0 bridgehead atoms. The Morgan fingerprint density at radius 3 is 2.28 bits per heavy atom. The lowest BCUT2D eigenvalue weighted by Gasteiger charge is -2.31. The number of piperidine rings is 1. The van der Waals surface area contributed by atoms with Crippen LogP contribution in [0.25, 0.3) is 0 Å². The molecule has 1 amide bonds. The van der Waals surface area contributed by atoms with Crippen LogP contribution < -0.4 is 10.2 Å². The van der Waals surface area contributed by atoms with Crippen molar-refractivity contribution >= 4 is 40.5 Å². The minimum Gasteiger partial charge on any atom is -0.372 e. The SMILES string of the molecule is O=C(Nc1ccc(N2CCCC2)cc1)C1CCN(Cc2ccc(Cl)c(Cl)c2)CC1. The highest BCUT2D eigenvalue weighted by molar-refractivity contribution is 6.42. The fourth-order valence-corrected chi connectivity index (χ4v) is 4.55. The minimum atomic E-state index is 0.0679. The third-order valence-corrected chi connectivity index (χ3v) is 6.69. The monoisotopic (exact) mass is 431 g/mol. The molecule has 1 N–H and O–H groups in total. The van der Waals surface area contributed by atoms with E-state index < -0.39 is 0 Å². The average Bonchev–Trinajstić information content (AvgIpc) is 3.27. The average molecular weight is 432 g/mol. The number of rotatable bonds is 5. The van der Waals surface area contributed by atoms with E-state index >= 15 is 0 Å². The summed E-state index contributed by atoms with van der Waals surface area (Å²) in [6.07, 6.45) is 4.28. The Hall–Kier alpha value is -1.75. The zero-order chi connectivity index (χ0) is 20.2. The fourth-order valence-electron chi connectivity index (χ4n) is 4.22. The van der Waals surface area contributed by atoms with Gasteiger partial charge < -0.3 is 10.2 Å². The molecule has 0 unspecified atom stereocenters. The standard InChI is InChI=1S/C23H27Cl2N3O/c24-21-8-3-17(15-22(21)25)16-27-13-9-18(10-14-27)23(29)26-19-4-6-20(7-5-19)28-11-1-2-12-28/h3-8,15,18H,1-2,9-14,16H2,(H,26,29). The maximum Gasteiger partial charge on any atom is 0.227 e. The highest BCUT2D eigenvalue weighted by Crippen LogP contribution is 2.26. The minimum absolute atomic E-state index is 0.0679. The van der Waals surface area contributed by atoms with Crippen molar-refractivity contribution in [3.63, 3.8) is 0 Å². The van der Waals surface area contributed by atoms with Crippen LogP contribution in [-0.4, -0.2) is 37.0 Å². The molecule has 4 rings (SSSR count). The Labute approximate surface area is 182 Å². The number of likely N-dealkylation sites (tertiary alicyclic amines) is 1. The first-order chi connectivity index (χ1) is 14.1. The van der Waals surface area contributed by atoms with Crippen LogP contribution in [0.3, 0.4) is 0 Å². The summed E-state index contributed by atoms with van der Waals surface area (Å²) >= 11 is 12.1. The Morgan fingerprint density at radius 1 is 0.931 bits per heavy atom. The molecule has 154 valence electrons. The van der Waals surface area contributed by atoms with Crippen molar-refractivity contribution < 1.29 is 4.79 Å². The summed E-state index contributed by atoms with van der Waals surface area (Å²) in [4.78, 5) is 17.5. The molecule has 0 atom stereocenters. The van der Waals surface area contributed by atoms with E-state index in [0.717, 1.165) is 56.8 Å². The van der Waals surface area contributed by atoms with Crippen LogP contribution in [0.5, 0.6) is 0 Å². The summed E-state index contributed by atoms with van der Waals surface area (Å²) in [5.74, 6) is 0.200. The van der Waals surface area contributed by atoms with Crippen LogP contribution in [-0.2, 0) is 11.3 Å². The Bertz CT molecular complexity index is 842. The van der Waals surface area contributed by atoms with Crippen LogP contribution >= 0.6 is 23.2 Å². The van der Waals surface area contributed by atoms with E-state index in [9.17, 15) is 4.79 Å². The van der Waals surface area contributed by atoms with Crippen LogP contribution in [0.4, 0.5) is 11.4 Å². The van der Waals surface area contributed by atoms with Gasteiger partial charge in [-0.3, -0.25) is 9.69 Å². The van der Waals surface area contributed by atoms with Gasteiger partial charge in [-0.2, -0.15) is 0 Å². The maximum atomic E-state index is 12.7. The molecular weight excluding hydrogens is 405 g/mol. The lowest BCUT2D eigenvalue weighted by atomic mass is 9.95. The second-order valence-corrected chi connectivity index (χ2v) is 8.84. The van der Waals surface area contributed by atoms with Crippen LogP contribution in [0.2, 0.25) is 10.0 Å². The highest BCUT2D eigenvalue weighted by atomic mass is 35.5. The van der Waals surface area contributed by atoms with Crippen molar-refractivity contribution in [2.45, 2.75) is 32.2 Å². The first-order valence-electron chi connectivity index (χ1n) is 10.4. The fraction of sp³-hybridized carbons (Fsp3) is 0.435.